The number of rotatable bonds is 10. The van der Waals surface area contributed by atoms with Gasteiger partial charge >= 0.3 is 0 Å². The number of sulfonamides is 1. The fourth-order valence-electron chi connectivity index (χ4n) is 4.02. The number of carbonyl (C=O) groups is 2. The van der Waals surface area contributed by atoms with Gasteiger partial charge < -0.3 is 5.32 Å². The molecule has 0 heterocycles. The van der Waals surface area contributed by atoms with Crippen LogP contribution in [-0.4, -0.2) is 30.2 Å². The highest BCUT2D eigenvalue weighted by atomic mass is 35.5. The first kappa shape index (κ1) is 29.7. The third kappa shape index (κ3) is 8.11. The van der Waals surface area contributed by atoms with Gasteiger partial charge in [0.05, 0.1) is 10.6 Å². The van der Waals surface area contributed by atoms with Crippen LogP contribution in [0.2, 0.25) is 5.02 Å². The molecule has 0 spiro atoms. The summed E-state index contributed by atoms with van der Waals surface area (Å²) in [6, 6.07) is 29.2. The second kappa shape index (κ2) is 13.4. The number of nitrogens with zero attached hydrogens (tertiary/aromatic N) is 2. The summed E-state index contributed by atoms with van der Waals surface area (Å²) in [5.74, 6) is -0.594. The van der Waals surface area contributed by atoms with Gasteiger partial charge in [0.2, 0.25) is 15.9 Å². The van der Waals surface area contributed by atoms with Gasteiger partial charge in [-0.05, 0) is 72.1 Å². The van der Waals surface area contributed by atoms with E-state index in [-0.39, 0.29) is 23.9 Å². The molecule has 4 rings (SSSR count). The summed E-state index contributed by atoms with van der Waals surface area (Å²) in [6.45, 7) is 3.45. The third-order valence-corrected chi connectivity index (χ3v) is 8.21. The van der Waals surface area contributed by atoms with Crippen LogP contribution >= 0.6 is 11.6 Å². The lowest BCUT2D eigenvalue weighted by Crippen LogP contribution is -2.30. The fraction of sp³-hybridized carbons (Fsp3) is 0.129. The summed E-state index contributed by atoms with van der Waals surface area (Å²) >= 11 is 5.97. The van der Waals surface area contributed by atoms with E-state index in [1.54, 1.807) is 61.5 Å². The molecular formula is C31H29ClN4O4S. The molecule has 2 N–H and O–H groups in total. The van der Waals surface area contributed by atoms with Gasteiger partial charge in [-0.1, -0.05) is 66.2 Å². The Morgan fingerprint density at radius 2 is 1.41 bits per heavy atom. The van der Waals surface area contributed by atoms with E-state index < -0.39 is 15.9 Å². The molecule has 0 bridgehead atoms. The maximum Gasteiger partial charge on any atom is 0.271 e. The number of hydrazone groups is 1. The van der Waals surface area contributed by atoms with Crippen LogP contribution in [0.15, 0.2) is 113 Å². The van der Waals surface area contributed by atoms with E-state index in [0.29, 0.717) is 27.5 Å². The lowest BCUT2D eigenvalue weighted by Gasteiger charge is -2.23. The molecule has 0 saturated carbocycles. The summed E-state index contributed by atoms with van der Waals surface area (Å²) < 4.78 is 28.5. The molecule has 0 aliphatic heterocycles. The zero-order valence-electron chi connectivity index (χ0n) is 22.5. The Labute approximate surface area is 244 Å². The van der Waals surface area contributed by atoms with Gasteiger partial charge in [-0.25, -0.2) is 13.8 Å². The van der Waals surface area contributed by atoms with Crippen LogP contribution in [0.25, 0.3) is 0 Å². The smallest absolute Gasteiger partial charge is 0.271 e. The van der Waals surface area contributed by atoms with Crippen molar-refractivity contribution in [3.63, 3.8) is 0 Å². The number of nitrogens with one attached hydrogen (secondary N) is 2. The fourth-order valence-corrected chi connectivity index (χ4v) is 5.56. The van der Waals surface area contributed by atoms with Gasteiger partial charge in [-0.2, -0.15) is 9.41 Å². The van der Waals surface area contributed by atoms with Crippen LogP contribution < -0.4 is 10.7 Å². The molecule has 0 unspecified atom stereocenters. The molecule has 210 valence electrons. The third-order valence-electron chi connectivity index (χ3n) is 6.15. The first-order valence-electron chi connectivity index (χ1n) is 12.7. The second-order valence-corrected chi connectivity index (χ2v) is 11.7. The number of hydrogen-bond donors (Lipinski definition) is 2. The average Bonchev–Trinajstić information content (AvgIpc) is 2.96. The summed E-state index contributed by atoms with van der Waals surface area (Å²) in [5.41, 5.74) is 6.40. The van der Waals surface area contributed by atoms with Gasteiger partial charge in [0.25, 0.3) is 5.91 Å². The van der Waals surface area contributed by atoms with Gasteiger partial charge in [0.1, 0.15) is 0 Å². The van der Waals surface area contributed by atoms with Crippen LogP contribution in [0.1, 0.15) is 40.9 Å². The van der Waals surface area contributed by atoms with Crippen LogP contribution in [-0.2, 0) is 27.9 Å². The summed E-state index contributed by atoms with van der Waals surface area (Å²) in [5, 5.41) is 7.35. The first-order chi connectivity index (χ1) is 19.6. The van der Waals surface area contributed by atoms with Crippen molar-refractivity contribution in [2.75, 3.05) is 5.32 Å². The normalized spacial score (nSPS) is 11.8. The Bertz CT molecular complexity index is 1660. The topological polar surface area (TPSA) is 108 Å². The van der Waals surface area contributed by atoms with Crippen molar-refractivity contribution < 1.29 is 18.0 Å². The van der Waals surface area contributed by atoms with E-state index >= 15 is 0 Å². The zero-order valence-corrected chi connectivity index (χ0v) is 24.1. The van der Waals surface area contributed by atoms with Crippen molar-refractivity contribution in [3.8, 4) is 0 Å². The number of anilines is 1. The molecule has 4 aromatic carbocycles. The highest BCUT2D eigenvalue weighted by Crippen LogP contribution is 2.23. The molecule has 8 nitrogen and oxygen atoms in total. The van der Waals surface area contributed by atoms with E-state index in [1.807, 2.05) is 36.4 Å². The minimum atomic E-state index is -3.84. The molecule has 0 fully saturated rings. The molecule has 4 aromatic rings. The minimum Gasteiger partial charge on any atom is -0.326 e. The summed E-state index contributed by atoms with van der Waals surface area (Å²) in [4.78, 5) is 24.2. The second-order valence-electron chi connectivity index (χ2n) is 9.31. The van der Waals surface area contributed by atoms with Crippen LogP contribution in [0.5, 0.6) is 0 Å². The van der Waals surface area contributed by atoms with Crippen LogP contribution in [0.3, 0.4) is 0 Å². The molecule has 0 aliphatic carbocycles. The Morgan fingerprint density at radius 3 is 2.05 bits per heavy atom. The van der Waals surface area contributed by atoms with Crippen molar-refractivity contribution in [2.45, 2.75) is 31.8 Å². The maximum absolute atomic E-state index is 13.6. The molecule has 0 atom stereocenters. The van der Waals surface area contributed by atoms with E-state index in [0.717, 1.165) is 11.1 Å². The summed E-state index contributed by atoms with van der Waals surface area (Å²) in [7, 11) is -3.84. The summed E-state index contributed by atoms with van der Waals surface area (Å²) in [6.07, 6.45) is 0. The predicted octanol–water partition coefficient (Wildman–Crippen LogP) is 5.84. The van der Waals surface area contributed by atoms with E-state index in [9.17, 15) is 18.0 Å². The number of amides is 2. The molecule has 0 saturated heterocycles. The average molecular weight is 589 g/mol. The van der Waals surface area contributed by atoms with Crippen LogP contribution in [0, 0.1) is 0 Å². The Balaban J connectivity index is 1.48. The monoisotopic (exact) mass is 588 g/mol. The lowest BCUT2D eigenvalue weighted by atomic mass is 10.1. The highest BCUT2D eigenvalue weighted by molar-refractivity contribution is 7.89. The highest BCUT2D eigenvalue weighted by Gasteiger charge is 2.25. The van der Waals surface area contributed by atoms with Gasteiger partial charge in [0.15, 0.2) is 0 Å². The van der Waals surface area contributed by atoms with E-state index in [1.165, 1.54) is 23.4 Å². The van der Waals surface area contributed by atoms with Crippen molar-refractivity contribution in [1.29, 1.82) is 0 Å². The van der Waals surface area contributed by atoms with Gasteiger partial charge in [0, 0.05) is 36.3 Å². The zero-order chi connectivity index (χ0) is 29.4. The predicted molar refractivity (Wildman–Crippen MR) is 161 cm³/mol. The quantitative estimate of drug-likeness (QED) is 0.179. The number of hydrogen-bond acceptors (Lipinski definition) is 5. The molecule has 2 amide bonds. The Kier molecular flexibility index (Phi) is 9.67. The van der Waals surface area contributed by atoms with Gasteiger partial charge in [-0.15, -0.1) is 0 Å². The van der Waals surface area contributed by atoms with E-state index in [2.05, 4.69) is 15.8 Å². The van der Waals surface area contributed by atoms with Crippen molar-refractivity contribution in [3.05, 3.63) is 130 Å². The SMILES string of the molecule is CC(=O)Nc1cccc(/C(C)=N\NC(=O)c2ccc(CN(Cc3ccccc3)S(=O)(=O)c3ccc(Cl)cc3)cc2)c1. The van der Waals surface area contributed by atoms with Crippen LogP contribution in [0.4, 0.5) is 5.69 Å². The lowest BCUT2D eigenvalue weighted by molar-refractivity contribution is -0.114. The standard InChI is InChI=1S/C31H29ClN4O4S/c1-22(27-9-6-10-29(19-27)33-23(2)37)34-35-31(38)26-13-11-25(12-14-26)21-36(20-24-7-4-3-5-8-24)41(39,40)30-17-15-28(32)16-18-30/h3-19H,20-21H2,1-2H3,(H,33,37)(H,35,38)/b34-22-. The van der Waals surface area contributed by atoms with Crippen molar-refractivity contribution in [2.24, 2.45) is 5.10 Å². The van der Waals surface area contributed by atoms with Crippen molar-refractivity contribution >= 4 is 44.8 Å². The maximum atomic E-state index is 13.6. The molecule has 10 heteroatoms. The number of benzene rings is 4. The van der Waals surface area contributed by atoms with Gasteiger partial charge in [-0.3, -0.25) is 9.59 Å². The molecule has 0 aromatic heterocycles. The number of halogens is 1. The Morgan fingerprint density at radius 1 is 0.780 bits per heavy atom. The molecule has 0 radical (unpaired) electrons. The van der Waals surface area contributed by atoms with Crippen molar-refractivity contribution in [1.82, 2.24) is 9.73 Å². The first-order valence-corrected chi connectivity index (χ1v) is 14.5. The Hall–Kier alpha value is -4.31. The molecule has 0 aliphatic rings. The largest absolute Gasteiger partial charge is 0.326 e. The minimum absolute atomic E-state index is 0.101. The molecule has 41 heavy (non-hydrogen) atoms. The van der Waals surface area contributed by atoms with E-state index in [4.69, 9.17) is 11.6 Å². The molecular weight excluding hydrogens is 560 g/mol. The number of carbonyl (C=O) groups excluding carboxylic acids is 2.